The number of fused-ring (bicyclic) bond motifs is 1. The summed E-state index contributed by atoms with van der Waals surface area (Å²) in [5.74, 6) is 0.370. The van der Waals surface area contributed by atoms with Gasteiger partial charge in [0.2, 0.25) is 0 Å². The molecule has 0 saturated carbocycles. The van der Waals surface area contributed by atoms with Gasteiger partial charge in [-0.1, -0.05) is 67.6 Å². The summed E-state index contributed by atoms with van der Waals surface area (Å²) in [5, 5.41) is 3.71. The number of hydrogen-bond acceptors (Lipinski definition) is 4. The van der Waals surface area contributed by atoms with E-state index in [0.717, 1.165) is 56.0 Å². The summed E-state index contributed by atoms with van der Waals surface area (Å²) in [6.07, 6.45) is 0.967. The Morgan fingerprint density at radius 1 is 0.941 bits per heavy atom. The largest absolute Gasteiger partial charge is 0.378 e. The minimum atomic E-state index is -0.109. The number of carbonyl (C=O) groups is 1. The van der Waals surface area contributed by atoms with Gasteiger partial charge >= 0.3 is 0 Å². The van der Waals surface area contributed by atoms with Gasteiger partial charge in [0, 0.05) is 55.9 Å². The van der Waals surface area contributed by atoms with Gasteiger partial charge in [-0.15, -0.1) is 0 Å². The van der Waals surface area contributed by atoms with E-state index in [1.165, 1.54) is 11.1 Å². The molecule has 3 N–H and O–H groups in total. The van der Waals surface area contributed by atoms with Crippen LogP contribution in [-0.4, -0.2) is 41.9 Å². The minimum Gasteiger partial charge on any atom is -0.378 e. The van der Waals surface area contributed by atoms with Crippen LogP contribution in [0.2, 0.25) is 0 Å². The molecule has 3 atom stereocenters. The van der Waals surface area contributed by atoms with Crippen LogP contribution >= 0.6 is 0 Å². The molecule has 2 aliphatic rings. The fourth-order valence-corrected chi connectivity index (χ4v) is 5.43. The second kappa shape index (κ2) is 10.00. The molecule has 5 nitrogen and oxygen atoms in total. The predicted octanol–water partition coefficient (Wildman–Crippen LogP) is 4.84. The average Bonchev–Trinajstić information content (AvgIpc) is 2.89. The zero-order chi connectivity index (χ0) is 23.5. The normalized spacial score (nSPS) is 22.6. The molecule has 3 aromatic rings. The number of nitrogens with two attached hydrogens (primary N) is 1. The fraction of sp³-hybridized carbons (Fsp3) is 0.345. The van der Waals surface area contributed by atoms with Crippen LogP contribution in [0.1, 0.15) is 52.5 Å². The van der Waals surface area contributed by atoms with E-state index in [9.17, 15) is 4.79 Å². The quantitative estimate of drug-likeness (QED) is 0.579. The second-order valence-corrected chi connectivity index (χ2v) is 9.49. The SMILES string of the molecule is CCC1C(N)c2cc(C(=O)N3CCN(Cc4ccccc4)CC3)ccc2NC1c1ccccc1. The van der Waals surface area contributed by atoms with Crippen LogP contribution in [-0.2, 0) is 6.54 Å². The van der Waals surface area contributed by atoms with Crippen LogP contribution < -0.4 is 11.1 Å². The van der Waals surface area contributed by atoms with Gasteiger partial charge in [0.05, 0.1) is 6.04 Å². The van der Waals surface area contributed by atoms with Crippen LogP contribution in [0.3, 0.4) is 0 Å². The van der Waals surface area contributed by atoms with E-state index in [-0.39, 0.29) is 23.9 Å². The number of hydrogen-bond donors (Lipinski definition) is 2. The molecular formula is C29H34N4O. The average molecular weight is 455 g/mol. The summed E-state index contributed by atoms with van der Waals surface area (Å²) in [4.78, 5) is 17.7. The Balaban J connectivity index is 1.28. The maximum atomic E-state index is 13.3. The third kappa shape index (κ3) is 4.59. The summed E-state index contributed by atoms with van der Waals surface area (Å²) in [6, 6.07) is 27.1. The lowest BCUT2D eigenvalue weighted by Crippen LogP contribution is -2.48. The molecule has 3 unspecified atom stereocenters. The molecule has 3 aromatic carbocycles. The molecule has 1 saturated heterocycles. The van der Waals surface area contributed by atoms with E-state index in [4.69, 9.17) is 5.73 Å². The van der Waals surface area contributed by atoms with Crippen molar-refractivity contribution < 1.29 is 4.79 Å². The van der Waals surface area contributed by atoms with Crippen LogP contribution in [0.25, 0.3) is 0 Å². The Kier molecular flexibility index (Phi) is 6.66. The second-order valence-electron chi connectivity index (χ2n) is 9.49. The van der Waals surface area contributed by atoms with Gasteiger partial charge in [-0.2, -0.15) is 0 Å². The van der Waals surface area contributed by atoms with Gasteiger partial charge < -0.3 is 16.0 Å². The first-order chi connectivity index (χ1) is 16.6. The van der Waals surface area contributed by atoms with Crippen LogP contribution in [0.5, 0.6) is 0 Å². The van der Waals surface area contributed by atoms with Gasteiger partial charge in [0.15, 0.2) is 0 Å². The van der Waals surface area contributed by atoms with Crippen molar-refractivity contribution >= 4 is 11.6 Å². The van der Waals surface area contributed by atoms with Crippen molar-refractivity contribution in [3.05, 3.63) is 101 Å². The molecule has 2 aliphatic heterocycles. The van der Waals surface area contributed by atoms with Crippen molar-refractivity contribution in [2.45, 2.75) is 32.0 Å². The predicted molar refractivity (Wildman–Crippen MR) is 138 cm³/mol. The fourth-order valence-electron chi connectivity index (χ4n) is 5.43. The highest BCUT2D eigenvalue weighted by molar-refractivity contribution is 5.95. The lowest BCUT2D eigenvalue weighted by molar-refractivity contribution is 0.0628. The monoisotopic (exact) mass is 454 g/mol. The number of rotatable bonds is 5. The smallest absolute Gasteiger partial charge is 0.253 e. The van der Waals surface area contributed by atoms with Gasteiger partial charge in [-0.3, -0.25) is 9.69 Å². The van der Waals surface area contributed by atoms with Crippen LogP contribution in [0.15, 0.2) is 78.9 Å². The minimum absolute atomic E-state index is 0.104. The number of anilines is 1. The number of benzene rings is 3. The number of piperazine rings is 1. The van der Waals surface area contributed by atoms with E-state index in [1.54, 1.807) is 0 Å². The number of amides is 1. The van der Waals surface area contributed by atoms with Crippen molar-refractivity contribution in [1.82, 2.24) is 9.80 Å². The summed E-state index contributed by atoms with van der Waals surface area (Å²) in [5.41, 5.74) is 12.2. The van der Waals surface area contributed by atoms with Crippen LogP contribution in [0, 0.1) is 5.92 Å². The molecule has 2 heterocycles. The molecule has 0 aliphatic carbocycles. The standard InChI is InChI=1S/C29H34N4O/c1-2-24-27(30)25-19-23(13-14-26(25)31-28(24)22-11-7-4-8-12-22)29(34)33-17-15-32(16-18-33)20-21-9-5-3-6-10-21/h3-14,19,24,27-28,31H,2,15-18,20,30H2,1H3. The van der Waals surface area contributed by atoms with Crippen molar-refractivity contribution in [2.24, 2.45) is 11.7 Å². The lowest BCUT2D eigenvalue weighted by Gasteiger charge is -2.39. The molecule has 0 bridgehead atoms. The Hall–Kier alpha value is -3.15. The van der Waals surface area contributed by atoms with Crippen molar-refractivity contribution in [2.75, 3.05) is 31.5 Å². The van der Waals surface area contributed by atoms with Crippen molar-refractivity contribution in [1.29, 1.82) is 0 Å². The van der Waals surface area contributed by atoms with Crippen molar-refractivity contribution in [3.63, 3.8) is 0 Å². The van der Waals surface area contributed by atoms with E-state index in [2.05, 4.69) is 65.7 Å². The van der Waals surface area contributed by atoms with Crippen LogP contribution in [0.4, 0.5) is 5.69 Å². The number of nitrogens with zero attached hydrogens (tertiary/aromatic N) is 2. The Morgan fingerprint density at radius 2 is 1.62 bits per heavy atom. The highest BCUT2D eigenvalue weighted by Crippen LogP contribution is 2.43. The van der Waals surface area contributed by atoms with E-state index in [0.29, 0.717) is 0 Å². The summed E-state index contributed by atoms with van der Waals surface area (Å²) in [7, 11) is 0. The Morgan fingerprint density at radius 3 is 2.29 bits per heavy atom. The number of carbonyl (C=O) groups excluding carboxylic acids is 1. The molecule has 34 heavy (non-hydrogen) atoms. The first-order valence-corrected chi connectivity index (χ1v) is 12.4. The molecule has 5 heteroatoms. The molecule has 0 spiro atoms. The molecule has 1 amide bonds. The maximum absolute atomic E-state index is 13.3. The maximum Gasteiger partial charge on any atom is 0.253 e. The zero-order valence-electron chi connectivity index (χ0n) is 19.9. The third-order valence-corrected chi connectivity index (χ3v) is 7.40. The van der Waals surface area contributed by atoms with Gasteiger partial charge in [-0.05, 0) is 41.3 Å². The molecular weight excluding hydrogens is 420 g/mol. The van der Waals surface area contributed by atoms with E-state index in [1.807, 2.05) is 35.2 Å². The Labute approximate surface area is 202 Å². The van der Waals surface area contributed by atoms with E-state index >= 15 is 0 Å². The van der Waals surface area contributed by atoms with E-state index < -0.39 is 0 Å². The first kappa shape index (κ1) is 22.6. The first-order valence-electron chi connectivity index (χ1n) is 12.4. The highest BCUT2D eigenvalue weighted by Gasteiger charge is 2.35. The van der Waals surface area contributed by atoms with Gasteiger partial charge in [0.25, 0.3) is 5.91 Å². The molecule has 1 fully saturated rings. The summed E-state index contributed by atoms with van der Waals surface area (Å²) < 4.78 is 0. The Bertz CT molecular complexity index is 1110. The van der Waals surface area contributed by atoms with Gasteiger partial charge in [0.1, 0.15) is 0 Å². The third-order valence-electron chi connectivity index (χ3n) is 7.40. The molecule has 0 radical (unpaired) electrons. The molecule has 5 rings (SSSR count). The summed E-state index contributed by atoms with van der Waals surface area (Å²) in [6.45, 7) is 6.41. The zero-order valence-corrected chi connectivity index (χ0v) is 19.9. The summed E-state index contributed by atoms with van der Waals surface area (Å²) >= 11 is 0. The molecule has 0 aromatic heterocycles. The van der Waals surface area contributed by atoms with Gasteiger partial charge in [-0.25, -0.2) is 0 Å². The highest BCUT2D eigenvalue weighted by atomic mass is 16.2. The molecule has 176 valence electrons. The van der Waals surface area contributed by atoms with Crippen molar-refractivity contribution in [3.8, 4) is 0 Å². The lowest BCUT2D eigenvalue weighted by atomic mass is 9.78. The topological polar surface area (TPSA) is 61.6 Å². The number of nitrogens with one attached hydrogen (secondary N) is 1.